The first kappa shape index (κ1) is 22.4. The number of halogens is 1. The molecule has 0 N–H and O–H groups in total. The molecule has 1 aromatic carbocycles. The summed E-state index contributed by atoms with van der Waals surface area (Å²) in [6, 6.07) is 8.93. The summed E-state index contributed by atoms with van der Waals surface area (Å²) in [6.45, 7) is 3.06. The summed E-state index contributed by atoms with van der Waals surface area (Å²) in [5.41, 5.74) is 1.50. The van der Waals surface area contributed by atoms with Crippen LogP contribution in [0.3, 0.4) is 0 Å². The van der Waals surface area contributed by atoms with Crippen molar-refractivity contribution < 1.29 is 9.13 Å². The standard InChI is InChI=1S/C27H41FO/c1-2-3-4-21-29-27-17-15-26(16-18-27)25-13-11-23(12-14-25)6-5-22-7-9-24(10-8-22)19-20-28/h15-20,22-25H,2-14,21H2,1H3. The molecule has 2 fully saturated rings. The predicted molar refractivity (Wildman–Crippen MR) is 121 cm³/mol. The fourth-order valence-electron chi connectivity index (χ4n) is 5.41. The van der Waals surface area contributed by atoms with E-state index in [1.807, 2.05) is 0 Å². The molecule has 29 heavy (non-hydrogen) atoms. The summed E-state index contributed by atoms with van der Waals surface area (Å²) in [7, 11) is 0. The van der Waals surface area contributed by atoms with Crippen LogP contribution in [0.4, 0.5) is 4.39 Å². The van der Waals surface area contributed by atoms with Gasteiger partial charge in [0.1, 0.15) is 5.75 Å². The van der Waals surface area contributed by atoms with Crippen LogP contribution in [0.15, 0.2) is 36.7 Å². The van der Waals surface area contributed by atoms with Crippen molar-refractivity contribution in [2.45, 2.75) is 96.3 Å². The predicted octanol–water partition coefficient (Wildman–Crippen LogP) is 8.60. The molecule has 0 atom stereocenters. The molecule has 2 heteroatoms. The van der Waals surface area contributed by atoms with E-state index in [4.69, 9.17) is 4.74 Å². The Morgan fingerprint density at radius 3 is 2.07 bits per heavy atom. The van der Waals surface area contributed by atoms with Gasteiger partial charge in [-0.3, -0.25) is 0 Å². The Labute approximate surface area is 178 Å². The quantitative estimate of drug-likeness (QED) is 0.357. The summed E-state index contributed by atoms with van der Waals surface area (Å²) in [5, 5.41) is 0. The molecule has 0 unspecified atom stereocenters. The molecule has 0 aromatic heterocycles. The summed E-state index contributed by atoms with van der Waals surface area (Å²) in [5.74, 6) is 4.08. The van der Waals surface area contributed by atoms with Gasteiger partial charge in [0, 0.05) is 0 Å². The average Bonchev–Trinajstić information content (AvgIpc) is 2.77. The molecule has 0 bridgehead atoms. The number of hydrogen-bond acceptors (Lipinski definition) is 1. The molecule has 0 heterocycles. The second kappa shape index (κ2) is 12.4. The largest absolute Gasteiger partial charge is 0.494 e. The minimum atomic E-state index is 0.500. The molecule has 2 saturated carbocycles. The van der Waals surface area contributed by atoms with E-state index in [9.17, 15) is 4.39 Å². The van der Waals surface area contributed by atoms with Gasteiger partial charge in [-0.1, -0.05) is 50.8 Å². The van der Waals surface area contributed by atoms with Crippen LogP contribution in [-0.4, -0.2) is 6.61 Å². The number of hydrogen-bond donors (Lipinski definition) is 0. The Balaban J connectivity index is 1.33. The van der Waals surface area contributed by atoms with Gasteiger partial charge in [-0.15, -0.1) is 0 Å². The molecule has 162 valence electrons. The van der Waals surface area contributed by atoms with Gasteiger partial charge in [0.25, 0.3) is 0 Å². The van der Waals surface area contributed by atoms with Crippen molar-refractivity contribution in [2.24, 2.45) is 17.8 Å². The average molecular weight is 401 g/mol. The van der Waals surface area contributed by atoms with Crippen LogP contribution in [0.2, 0.25) is 0 Å². The third kappa shape index (κ3) is 7.46. The first-order valence-corrected chi connectivity index (χ1v) is 12.3. The molecule has 3 rings (SSSR count). The molecular weight excluding hydrogens is 359 g/mol. The highest BCUT2D eigenvalue weighted by Crippen LogP contribution is 2.40. The first-order valence-electron chi connectivity index (χ1n) is 12.3. The van der Waals surface area contributed by atoms with Crippen LogP contribution >= 0.6 is 0 Å². The van der Waals surface area contributed by atoms with Crippen molar-refractivity contribution in [2.75, 3.05) is 6.61 Å². The Kier molecular flexibility index (Phi) is 9.57. The highest BCUT2D eigenvalue weighted by Gasteiger charge is 2.25. The Morgan fingerprint density at radius 2 is 1.48 bits per heavy atom. The third-order valence-corrected chi connectivity index (χ3v) is 7.43. The van der Waals surface area contributed by atoms with E-state index in [1.54, 1.807) is 6.08 Å². The van der Waals surface area contributed by atoms with Crippen LogP contribution in [0, 0.1) is 17.8 Å². The van der Waals surface area contributed by atoms with Crippen LogP contribution < -0.4 is 4.74 Å². The van der Waals surface area contributed by atoms with E-state index in [-0.39, 0.29) is 0 Å². The maximum Gasteiger partial charge on any atom is 0.119 e. The lowest BCUT2D eigenvalue weighted by Gasteiger charge is -2.31. The van der Waals surface area contributed by atoms with Gasteiger partial charge in [-0.05, 0) is 99.2 Å². The van der Waals surface area contributed by atoms with Crippen LogP contribution in [0.1, 0.15) is 102 Å². The van der Waals surface area contributed by atoms with Crippen LogP contribution in [-0.2, 0) is 0 Å². The number of rotatable bonds is 10. The first-order chi connectivity index (χ1) is 14.3. The van der Waals surface area contributed by atoms with Gasteiger partial charge in [-0.25, -0.2) is 4.39 Å². The van der Waals surface area contributed by atoms with Crippen molar-refractivity contribution in [1.29, 1.82) is 0 Å². The zero-order chi connectivity index (χ0) is 20.3. The Bertz CT molecular complexity index is 577. The molecular formula is C27H41FO. The van der Waals surface area contributed by atoms with E-state index >= 15 is 0 Å². The van der Waals surface area contributed by atoms with E-state index in [0.717, 1.165) is 42.9 Å². The van der Waals surface area contributed by atoms with Crippen molar-refractivity contribution in [3.05, 3.63) is 42.2 Å². The molecule has 1 nitrogen and oxygen atoms in total. The number of ether oxygens (including phenoxy) is 1. The molecule has 0 amide bonds. The normalized spacial score (nSPS) is 27.9. The van der Waals surface area contributed by atoms with Crippen LogP contribution in [0.25, 0.3) is 0 Å². The van der Waals surface area contributed by atoms with Crippen LogP contribution in [0.5, 0.6) is 5.75 Å². The molecule has 0 spiro atoms. The van der Waals surface area contributed by atoms with Crippen molar-refractivity contribution in [1.82, 2.24) is 0 Å². The molecule has 0 saturated heterocycles. The lowest BCUT2D eigenvalue weighted by atomic mass is 9.74. The van der Waals surface area contributed by atoms with Gasteiger partial charge < -0.3 is 4.74 Å². The maximum absolute atomic E-state index is 12.3. The van der Waals surface area contributed by atoms with Gasteiger partial charge in [0.15, 0.2) is 0 Å². The smallest absolute Gasteiger partial charge is 0.119 e. The van der Waals surface area contributed by atoms with Crippen molar-refractivity contribution >= 4 is 0 Å². The fourth-order valence-corrected chi connectivity index (χ4v) is 5.41. The zero-order valence-electron chi connectivity index (χ0n) is 18.5. The third-order valence-electron chi connectivity index (χ3n) is 7.43. The highest BCUT2D eigenvalue weighted by atomic mass is 19.1. The monoisotopic (exact) mass is 400 g/mol. The Hall–Kier alpha value is -1.31. The highest BCUT2D eigenvalue weighted by molar-refractivity contribution is 5.29. The summed E-state index contributed by atoms with van der Waals surface area (Å²) < 4.78 is 18.2. The summed E-state index contributed by atoms with van der Waals surface area (Å²) in [6.07, 6.45) is 19.4. The van der Waals surface area contributed by atoms with Gasteiger partial charge in [0.05, 0.1) is 12.9 Å². The lowest BCUT2D eigenvalue weighted by Crippen LogP contribution is -2.17. The molecule has 2 aliphatic carbocycles. The van der Waals surface area contributed by atoms with Gasteiger partial charge >= 0.3 is 0 Å². The van der Waals surface area contributed by atoms with E-state index < -0.39 is 0 Å². The molecule has 2 aliphatic rings. The van der Waals surface area contributed by atoms with Gasteiger partial charge in [-0.2, -0.15) is 0 Å². The minimum Gasteiger partial charge on any atom is -0.494 e. The second-order valence-corrected chi connectivity index (χ2v) is 9.52. The second-order valence-electron chi connectivity index (χ2n) is 9.52. The van der Waals surface area contributed by atoms with Crippen molar-refractivity contribution in [3.63, 3.8) is 0 Å². The molecule has 0 aliphatic heterocycles. The van der Waals surface area contributed by atoms with E-state index in [0.29, 0.717) is 5.92 Å². The maximum atomic E-state index is 12.3. The minimum absolute atomic E-state index is 0.500. The number of allylic oxidation sites excluding steroid dienone is 1. The van der Waals surface area contributed by atoms with E-state index in [2.05, 4.69) is 31.2 Å². The fraction of sp³-hybridized carbons (Fsp3) is 0.704. The Morgan fingerprint density at radius 1 is 0.862 bits per heavy atom. The van der Waals surface area contributed by atoms with E-state index in [1.165, 1.54) is 82.6 Å². The van der Waals surface area contributed by atoms with Gasteiger partial charge in [0.2, 0.25) is 0 Å². The zero-order valence-corrected chi connectivity index (χ0v) is 18.5. The molecule has 1 aromatic rings. The number of unbranched alkanes of at least 4 members (excludes halogenated alkanes) is 2. The summed E-state index contributed by atoms with van der Waals surface area (Å²) >= 11 is 0. The van der Waals surface area contributed by atoms with Crippen molar-refractivity contribution in [3.8, 4) is 5.75 Å². The summed E-state index contributed by atoms with van der Waals surface area (Å²) in [4.78, 5) is 0. The topological polar surface area (TPSA) is 9.23 Å². The number of benzene rings is 1. The SMILES string of the molecule is CCCCCOc1ccc(C2CCC(CCC3CCC(C=CF)CC3)CC2)cc1. The lowest BCUT2D eigenvalue weighted by molar-refractivity contribution is 0.245. The molecule has 0 radical (unpaired) electrons.